The van der Waals surface area contributed by atoms with E-state index in [2.05, 4.69) is 0 Å². The van der Waals surface area contributed by atoms with Crippen molar-refractivity contribution in [2.24, 2.45) is 0 Å². The van der Waals surface area contributed by atoms with Crippen LogP contribution < -0.4 is 4.74 Å². The molecule has 1 atom stereocenters. The molecule has 0 aliphatic rings. The molecule has 2 nitrogen and oxygen atoms in total. The molecule has 0 heterocycles. The molecule has 1 unspecified atom stereocenters. The smallest absolute Gasteiger partial charge is 0.203 e. The largest absolute Gasteiger partial charge is 0.476 e. The Morgan fingerprint density at radius 2 is 1.74 bits per heavy atom. The van der Waals surface area contributed by atoms with Crippen molar-refractivity contribution in [2.75, 3.05) is 0 Å². The molecule has 0 saturated carbocycles. The van der Waals surface area contributed by atoms with E-state index < -0.39 is 40.9 Å². The lowest BCUT2D eigenvalue weighted by Gasteiger charge is -2.17. The summed E-state index contributed by atoms with van der Waals surface area (Å²) in [6, 6.07) is 0.0896. The van der Waals surface area contributed by atoms with Gasteiger partial charge in [-0.1, -0.05) is 13.3 Å². The molecule has 0 saturated heterocycles. The molecule has 0 amide bonds. The Hall–Kier alpha value is -1.59. The second-order valence-electron chi connectivity index (χ2n) is 4.16. The van der Waals surface area contributed by atoms with Crippen LogP contribution >= 0.6 is 0 Å². The van der Waals surface area contributed by atoms with Gasteiger partial charge >= 0.3 is 0 Å². The van der Waals surface area contributed by atoms with Crippen LogP contribution in [0.15, 0.2) is 6.07 Å². The van der Waals surface area contributed by atoms with Gasteiger partial charge in [0.15, 0.2) is 29.3 Å². The summed E-state index contributed by atoms with van der Waals surface area (Å²) in [6.07, 6.45) is 0.439. The minimum Gasteiger partial charge on any atom is -0.476 e. The fourth-order valence-corrected chi connectivity index (χ4v) is 1.53. The summed E-state index contributed by atoms with van der Waals surface area (Å²) in [5.74, 6) is -8.05. The summed E-state index contributed by atoms with van der Waals surface area (Å²) in [6.45, 7) is 3.05. The van der Waals surface area contributed by atoms with E-state index in [9.17, 15) is 22.4 Å². The zero-order valence-corrected chi connectivity index (χ0v) is 10.6. The van der Waals surface area contributed by atoms with Gasteiger partial charge in [-0.15, -0.1) is 0 Å². The van der Waals surface area contributed by atoms with Crippen LogP contribution in [0.5, 0.6) is 5.75 Å². The van der Waals surface area contributed by atoms with Crippen molar-refractivity contribution >= 4 is 5.78 Å². The third-order valence-corrected chi connectivity index (χ3v) is 2.60. The number of hydrogen-bond donors (Lipinski definition) is 0. The minimum absolute atomic E-state index is 0.0896. The Bertz CT molecular complexity index is 448. The third kappa shape index (κ3) is 3.68. The van der Waals surface area contributed by atoms with Gasteiger partial charge in [-0.25, -0.2) is 8.78 Å². The van der Waals surface area contributed by atoms with Crippen molar-refractivity contribution in [1.82, 2.24) is 0 Å². The number of Topliss-reactive ketones (excluding diaryl/α,β-unsaturated/α-hetero) is 1. The molecule has 0 aliphatic carbocycles. The number of ketones is 1. The van der Waals surface area contributed by atoms with Crippen LogP contribution in [0.2, 0.25) is 0 Å². The molecule has 106 valence electrons. The summed E-state index contributed by atoms with van der Waals surface area (Å²) in [5.41, 5.74) is 0. The lowest BCUT2D eigenvalue weighted by molar-refractivity contribution is -0.124. The Kier molecular flexibility index (Phi) is 5.32. The fourth-order valence-electron chi connectivity index (χ4n) is 1.53. The van der Waals surface area contributed by atoms with Gasteiger partial charge in [-0.3, -0.25) is 4.79 Å². The van der Waals surface area contributed by atoms with Crippen LogP contribution in [-0.2, 0) is 4.79 Å². The average Bonchev–Trinajstić information content (AvgIpc) is 2.35. The molecular weight excluding hydrogens is 264 g/mol. The van der Waals surface area contributed by atoms with Crippen molar-refractivity contribution in [3.8, 4) is 5.75 Å². The van der Waals surface area contributed by atoms with Crippen LogP contribution in [0.3, 0.4) is 0 Å². The Morgan fingerprint density at radius 3 is 2.16 bits per heavy atom. The highest BCUT2D eigenvalue weighted by Gasteiger charge is 2.25. The van der Waals surface area contributed by atoms with E-state index in [-0.39, 0.29) is 12.5 Å². The monoisotopic (exact) mass is 278 g/mol. The van der Waals surface area contributed by atoms with Crippen molar-refractivity contribution < 1.29 is 27.1 Å². The minimum atomic E-state index is -1.64. The first-order valence-electron chi connectivity index (χ1n) is 5.88. The number of hydrogen-bond acceptors (Lipinski definition) is 2. The summed E-state index contributed by atoms with van der Waals surface area (Å²) < 4.78 is 57.5. The molecule has 0 bridgehead atoms. The average molecular weight is 278 g/mol. The van der Waals surface area contributed by atoms with Crippen LogP contribution in [0, 0.1) is 23.3 Å². The normalized spacial score (nSPS) is 12.3. The maximum Gasteiger partial charge on any atom is 0.203 e. The summed E-state index contributed by atoms with van der Waals surface area (Å²) in [5, 5.41) is 0. The van der Waals surface area contributed by atoms with Crippen LogP contribution in [0.25, 0.3) is 0 Å². The lowest BCUT2D eigenvalue weighted by atomic mass is 10.1. The van der Waals surface area contributed by atoms with Crippen molar-refractivity contribution in [1.29, 1.82) is 0 Å². The maximum atomic E-state index is 13.4. The van der Waals surface area contributed by atoms with Gasteiger partial charge < -0.3 is 4.74 Å². The first-order chi connectivity index (χ1) is 8.88. The topological polar surface area (TPSA) is 26.3 Å². The summed E-state index contributed by atoms with van der Waals surface area (Å²) >= 11 is 0. The maximum absolute atomic E-state index is 13.4. The predicted octanol–water partition coefficient (Wildman–Crippen LogP) is 3.77. The van der Waals surface area contributed by atoms with Crippen molar-refractivity contribution in [2.45, 2.75) is 39.2 Å². The van der Waals surface area contributed by atoms with E-state index >= 15 is 0 Å². The highest BCUT2D eigenvalue weighted by molar-refractivity contribution is 5.80. The SMILES string of the molecule is CCCCC(Oc1c(F)c(F)cc(F)c1F)C(C)=O. The van der Waals surface area contributed by atoms with Crippen molar-refractivity contribution in [3.05, 3.63) is 29.3 Å². The van der Waals surface area contributed by atoms with E-state index in [1.165, 1.54) is 6.92 Å². The number of ether oxygens (including phenoxy) is 1. The zero-order valence-electron chi connectivity index (χ0n) is 10.6. The van der Waals surface area contributed by atoms with Gasteiger partial charge in [0, 0.05) is 6.07 Å². The van der Waals surface area contributed by atoms with Crippen LogP contribution in [-0.4, -0.2) is 11.9 Å². The molecule has 0 fully saturated rings. The first kappa shape index (κ1) is 15.5. The van der Waals surface area contributed by atoms with Crippen molar-refractivity contribution in [3.63, 3.8) is 0 Å². The van der Waals surface area contributed by atoms with Gasteiger partial charge in [-0.2, -0.15) is 8.78 Å². The summed E-state index contributed by atoms with van der Waals surface area (Å²) in [4.78, 5) is 11.3. The highest BCUT2D eigenvalue weighted by Crippen LogP contribution is 2.28. The fraction of sp³-hybridized carbons (Fsp3) is 0.462. The van der Waals surface area contributed by atoms with E-state index in [0.29, 0.717) is 6.42 Å². The molecule has 0 radical (unpaired) electrons. The van der Waals surface area contributed by atoms with Crippen LogP contribution in [0.1, 0.15) is 33.1 Å². The standard InChI is InChI=1S/C13H14F4O2/c1-3-4-5-10(7(2)18)19-13-11(16)8(14)6-9(15)12(13)17/h6,10H,3-5H2,1-2H3. The quantitative estimate of drug-likeness (QED) is 0.585. The molecule has 0 spiro atoms. The number of benzene rings is 1. The van der Waals surface area contributed by atoms with Gasteiger partial charge in [-0.05, 0) is 19.8 Å². The molecular formula is C13H14F4O2. The second kappa shape index (κ2) is 6.54. The number of carbonyl (C=O) groups is 1. The highest BCUT2D eigenvalue weighted by atomic mass is 19.2. The predicted molar refractivity (Wildman–Crippen MR) is 60.9 cm³/mol. The Morgan fingerprint density at radius 1 is 1.21 bits per heavy atom. The molecule has 0 aliphatic heterocycles. The Labute approximate surface area is 108 Å². The lowest BCUT2D eigenvalue weighted by Crippen LogP contribution is -2.26. The molecule has 1 aromatic carbocycles. The molecule has 6 heteroatoms. The second-order valence-corrected chi connectivity index (χ2v) is 4.16. The molecule has 19 heavy (non-hydrogen) atoms. The van der Waals surface area contributed by atoms with E-state index in [1.54, 1.807) is 0 Å². The first-order valence-corrected chi connectivity index (χ1v) is 5.88. The number of carbonyl (C=O) groups excluding carboxylic acids is 1. The molecule has 0 N–H and O–H groups in total. The van der Waals surface area contributed by atoms with Crippen LogP contribution in [0.4, 0.5) is 17.6 Å². The van der Waals surface area contributed by atoms with Gasteiger partial charge in [0.1, 0.15) is 0 Å². The van der Waals surface area contributed by atoms with E-state index in [0.717, 1.165) is 6.42 Å². The van der Waals surface area contributed by atoms with E-state index in [1.807, 2.05) is 6.92 Å². The third-order valence-electron chi connectivity index (χ3n) is 2.60. The number of halogens is 4. The Balaban J connectivity index is 3.05. The number of rotatable bonds is 6. The number of unbranched alkanes of at least 4 members (excludes halogenated alkanes) is 1. The van der Waals surface area contributed by atoms with E-state index in [4.69, 9.17) is 4.74 Å². The zero-order chi connectivity index (χ0) is 14.6. The van der Waals surface area contributed by atoms with Gasteiger partial charge in [0.2, 0.25) is 11.6 Å². The van der Waals surface area contributed by atoms with Gasteiger partial charge in [0.05, 0.1) is 0 Å². The van der Waals surface area contributed by atoms with Gasteiger partial charge in [0.25, 0.3) is 0 Å². The molecule has 1 aromatic rings. The molecule has 1 rings (SSSR count). The molecule has 0 aromatic heterocycles. The summed E-state index contributed by atoms with van der Waals surface area (Å²) in [7, 11) is 0.